The molecule has 3 nitrogen and oxygen atoms in total. The van der Waals surface area contributed by atoms with Crippen LogP contribution < -0.4 is 5.32 Å². The molecule has 1 aliphatic rings. The van der Waals surface area contributed by atoms with E-state index in [1.54, 1.807) is 18.2 Å². The standard InChI is InChI=1S/C14H17Cl2NO2/c15-12-6-3-10(7-13(12)16)14(19)17-8-9-1-4-11(18)5-2-9/h3,6-7,9,11,18H,1-2,4-5,8H2,(H,17,19). The molecule has 1 aromatic carbocycles. The van der Waals surface area contributed by atoms with E-state index in [-0.39, 0.29) is 12.0 Å². The van der Waals surface area contributed by atoms with Gasteiger partial charge in [0, 0.05) is 12.1 Å². The summed E-state index contributed by atoms with van der Waals surface area (Å²) in [4.78, 5) is 12.0. The molecular formula is C14H17Cl2NO2. The van der Waals surface area contributed by atoms with E-state index >= 15 is 0 Å². The second-order valence-electron chi connectivity index (χ2n) is 5.01. The number of rotatable bonds is 3. The van der Waals surface area contributed by atoms with E-state index in [9.17, 15) is 9.90 Å². The van der Waals surface area contributed by atoms with Crippen LogP contribution in [-0.2, 0) is 0 Å². The average Bonchev–Trinajstić information content (AvgIpc) is 2.41. The first-order chi connectivity index (χ1) is 9.06. The van der Waals surface area contributed by atoms with Gasteiger partial charge in [-0.3, -0.25) is 4.79 Å². The van der Waals surface area contributed by atoms with Crippen molar-refractivity contribution in [2.75, 3.05) is 6.54 Å². The second kappa shape index (κ2) is 6.60. The van der Waals surface area contributed by atoms with E-state index in [1.165, 1.54) is 0 Å². The number of hydrogen-bond donors (Lipinski definition) is 2. The molecule has 1 fully saturated rings. The Morgan fingerprint density at radius 3 is 2.53 bits per heavy atom. The highest BCUT2D eigenvalue weighted by molar-refractivity contribution is 6.42. The van der Waals surface area contributed by atoms with Gasteiger partial charge in [-0.25, -0.2) is 0 Å². The van der Waals surface area contributed by atoms with Crippen LogP contribution in [0.15, 0.2) is 18.2 Å². The van der Waals surface area contributed by atoms with Gasteiger partial charge < -0.3 is 10.4 Å². The molecule has 19 heavy (non-hydrogen) atoms. The van der Waals surface area contributed by atoms with Crippen molar-refractivity contribution >= 4 is 29.1 Å². The molecule has 1 saturated carbocycles. The van der Waals surface area contributed by atoms with Gasteiger partial charge in [0.25, 0.3) is 5.91 Å². The van der Waals surface area contributed by atoms with Crippen LogP contribution in [0.4, 0.5) is 0 Å². The Bertz CT molecular complexity index is 457. The monoisotopic (exact) mass is 301 g/mol. The van der Waals surface area contributed by atoms with Crippen molar-refractivity contribution < 1.29 is 9.90 Å². The summed E-state index contributed by atoms with van der Waals surface area (Å²) in [5, 5.41) is 13.2. The van der Waals surface area contributed by atoms with Crippen LogP contribution in [0.2, 0.25) is 10.0 Å². The topological polar surface area (TPSA) is 49.3 Å². The number of halogens is 2. The van der Waals surface area contributed by atoms with Gasteiger partial charge in [-0.15, -0.1) is 0 Å². The molecule has 0 heterocycles. The molecule has 0 aliphatic heterocycles. The molecule has 5 heteroatoms. The number of hydrogen-bond acceptors (Lipinski definition) is 2. The maximum Gasteiger partial charge on any atom is 0.251 e. The summed E-state index contributed by atoms with van der Waals surface area (Å²) in [7, 11) is 0. The first kappa shape index (κ1) is 14.6. The van der Waals surface area contributed by atoms with Crippen LogP contribution >= 0.6 is 23.2 Å². The lowest BCUT2D eigenvalue weighted by atomic mass is 9.87. The number of aliphatic hydroxyl groups excluding tert-OH is 1. The van der Waals surface area contributed by atoms with Crippen LogP contribution in [0.25, 0.3) is 0 Å². The lowest BCUT2D eigenvalue weighted by molar-refractivity contribution is 0.0910. The Morgan fingerprint density at radius 1 is 1.21 bits per heavy atom. The first-order valence-electron chi connectivity index (χ1n) is 6.47. The number of nitrogens with one attached hydrogen (secondary N) is 1. The molecule has 0 bridgehead atoms. The maximum atomic E-state index is 12.0. The van der Waals surface area contributed by atoms with Gasteiger partial charge in [-0.1, -0.05) is 23.2 Å². The highest BCUT2D eigenvalue weighted by atomic mass is 35.5. The largest absolute Gasteiger partial charge is 0.393 e. The van der Waals surface area contributed by atoms with Gasteiger partial charge in [0.15, 0.2) is 0 Å². The van der Waals surface area contributed by atoms with Gasteiger partial charge in [-0.2, -0.15) is 0 Å². The van der Waals surface area contributed by atoms with Crippen molar-refractivity contribution in [3.05, 3.63) is 33.8 Å². The molecule has 0 atom stereocenters. The van der Waals surface area contributed by atoms with Crippen molar-refractivity contribution in [3.63, 3.8) is 0 Å². The molecule has 0 spiro atoms. The highest BCUT2D eigenvalue weighted by Crippen LogP contribution is 2.24. The van der Waals surface area contributed by atoms with Crippen molar-refractivity contribution in [3.8, 4) is 0 Å². The lowest BCUT2D eigenvalue weighted by Gasteiger charge is -2.25. The summed E-state index contributed by atoms with van der Waals surface area (Å²) in [6, 6.07) is 4.85. The fraction of sp³-hybridized carbons (Fsp3) is 0.500. The number of carbonyl (C=O) groups is 1. The predicted molar refractivity (Wildman–Crippen MR) is 76.8 cm³/mol. The van der Waals surface area contributed by atoms with E-state index in [4.69, 9.17) is 23.2 Å². The number of amides is 1. The minimum Gasteiger partial charge on any atom is -0.393 e. The summed E-state index contributed by atoms with van der Waals surface area (Å²) in [6.07, 6.45) is 3.41. The molecule has 2 rings (SSSR count). The molecule has 1 aromatic rings. The molecule has 1 amide bonds. The maximum absolute atomic E-state index is 12.0. The van der Waals surface area contributed by atoms with Crippen LogP contribution in [0.1, 0.15) is 36.0 Å². The van der Waals surface area contributed by atoms with E-state index in [1.807, 2.05) is 0 Å². The average molecular weight is 302 g/mol. The fourth-order valence-electron chi connectivity index (χ4n) is 2.33. The summed E-state index contributed by atoms with van der Waals surface area (Å²) < 4.78 is 0. The van der Waals surface area contributed by atoms with Crippen molar-refractivity contribution in [1.82, 2.24) is 5.32 Å². The van der Waals surface area contributed by atoms with Crippen molar-refractivity contribution in [2.45, 2.75) is 31.8 Å². The first-order valence-corrected chi connectivity index (χ1v) is 7.23. The summed E-state index contributed by atoms with van der Waals surface area (Å²) in [5.74, 6) is 0.319. The highest BCUT2D eigenvalue weighted by Gasteiger charge is 2.20. The second-order valence-corrected chi connectivity index (χ2v) is 5.83. The smallest absolute Gasteiger partial charge is 0.251 e. The van der Waals surface area contributed by atoms with Gasteiger partial charge in [0.2, 0.25) is 0 Å². The van der Waals surface area contributed by atoms with Gasteiger partial charge in [-0.05, 0) is 49.8 Å². The third-order valence-electron chi connectivity index (χ3n) is 3.55. The number of aliphatic hydroxyl groups is 1. The Morgan fingerprint density at radius 2 is 1.89 bits per heavy atom. The SMILES string of the molecule is O=C(NCC1CCC(O)CC1)c1ccc(Cl)c(Cl)c1. The van der Waals surface area contributed by atoms with Crippen LogP contribution in [-0.4, -0.2) is 23.7 Å². The third-order valence-corrected chi connectivity index (χ3v) is 4.29. The van der Waals surface area contributed by atoms with Crippen LogP contribution in [0.3, 0.4) is 0 Å². The van der Waals surface area contributed by atoms with E-state index in [0.717, 1.165) is 25.7 Å². The summed E-state index contributed by atoms with van der Waals surface area (Å²) in [6.45, 7) is 0.645. The van der Waals surface area contributed by atoms with Gasteiger partial charge in [0.1, 0.15) is 0 Å². The van der Waals surface area contributed by atoms with Crippen molar-refractivity contribution in [1.29, 1.82) is 0 Å². The Balaban J connectivity index is 1.85. The molecule has 0 unspecified atom stereocenters. The zero-order chi connectivity index (χ0) is 13.8. The summed E-state index contributed by atoms with van der Waals surface area (Å²) >= 11 is 11.7. The molecule has 0 radical (unpaired) electrons. The third kappa shape index (κ3) is 4.10. The molecule has 0 aromatic heterocycles. The minimum atomic E-state index is -0.165. The quantitative estimate of drug-likeness (QED) is 0.900. The normalized spacial score (nSPS) is 23.1. The number of benzene rings is 1. The van der Waals surface area contributed by atoms with Crippen molar-refractivity contribution in [2.24, 2.45) is 5.92 Å². The van der Waals surface area contributed by atoms with E-state index in [2.05, 4.69) is 5.32 Å². The summed E-state index contributed by atoms with van der Waals surface area (Å²) in [5.41, 5.74) is 0.519. The van der Waals surface area contributed by atoms with Crippen LogP contribution in [0, 0.1) is 5.92 Å². The van der Waals surface area contributed by atoms with Gasteiger partial charge >= 0.3 is 0 Å². The lowest BCUT2D eigenvalue weighted by Crippen LogP contribution is -2.32. The molecule has 2 N–H and O–H groups in total. The Hall–Kier alpha value is -0.770. The Kier molecular flexibility index (Phi) is 5.08. The molecular weight excluding hydrogens is 285 g/mol. The Labute approximate surface area is 122 Å². The van der Waals surface area contributed by atoms with Gasteiger partial charge in [0.05, 0.1) is 16.1 Å². The molecule has 1 aliphatic carbocycles. The zero-order valence-corrected chi connectivity index (χ0v) is 12.0. The number of carbonyl (C=O) groups excluding carboxylic acids is 1. The van der Waals surface area contributed by atoms with E-state index < -0.39 is 0 Å². The zero-order valence-electron chi connectivity index (χ0n) is 10.5. The molecule has 0 saturated heterocycles. The van der Waals surface area contributed by atoms with Crippen LogP contribution in [0.5, 0.6) is 0 Å². The predicted octanol–water partition coefficient (Wildman–Crippen LogP) is 3.27. The minimum absolute atomic E-state index is 0.135. The molecule has 104 valence electrons. The fourth-order valence-corrected chi connectivity index (χ4v) is 2.62. The van der Waals surface area contributed by atoms with E-state index in [0.29, 0.717) is 28.1 Å².